The molecule has 0 radical (unpaired) electrons. The summed E-state index contributed by atoms with van der Waals surface area (Å²) >= 11 is 1.43. The van der Waals surface area contributed by atoms with Crippen molar-refractivity contribution in [2.45, 2.75) is 50.0 Å². The van der Waals surface area contributed by atoms with E-state index in [2.05, 4.69) is 34.6 Å². The molecule has 1 aliphatic rings. The van der Waals surface area contributed by atoms with Crippen LogP contribution in [0.2, 0.25) is 0 Å². The highest BCUT2D eigenvalue weighted by molar-refractivity contribution is 7.99. The third-order valence-corrected chi connectivity index (χ3v) is 6.82. The number of hydrogen-bond acceptors (Lipinski definition) is 7. The standard InChI is InChI=1S/C17H27N4O4PS/c1-6-27-17-20-11-14(18-9(2)19-15(11)24)21(17)16-13(23)12(22)10(25-16)7-8-26(3,4)5/h10,12-13,16,22-23H,3,6-8H2,1-2,4-5H3,(H,18,19,24)/t10-,12-,13-,16-/m1/s1. The fourth-order valence-electron chi connectivity index (χ4n) is 3.19. The number of fused-ring (bicyclic) bond motifs is 1. The molecule has 0 spiro atoms. The van der Waals surface area contributed by atoms with Crippen LogP contribution in [0.3, 0.4) is 0 Å². The van der Waals surface area contributed by atoms with E-state index in [0.717, 1.165) is 11.9 Å². The van der Waals surface area contributed by atoms with Gasteiger partial charge in [-0.25, -0.2) is 9.97 Å². The number of aromatic nitrogens is 4. The molecular formula is C17H27N4O4PS. The molecule has 0 bridgehead atoms. The molecule has 4 atom stereocenters. The molecule has 0 unspecified atom stereocenters. The molecule has 3 heterocycles. The van der Waals surface area contributed by atoms with E-state index < -0.39 is 31.4 Å². The lowest BCUT2D eigenvalue weighted by molar-refractivity contribution is -0.0400. The lowest BCUT2D eigenvalue weighted by Crippen LogP contribution is -2.32. The van der Waals surface area contributed by atoms with E-state index in [-0.39, 0.29) is 11.1 Å². The lowest BCUT2D eigenvalue weighted by Gasteiger charge is -2.19. The largest absolute Gasteiger partial charge is 0.388 e. The van der Waals surface area contributed by atoms with Crippen LogP contribution in [0.25, 0.3) is 11.2 Å². The number of rotatable bonds is 6. The van der Waals surface area contributed by atoms with Crippen molar-refractivity contribution in [3.63, 3.8) is 0 Å². The molecule has 0 aliphatic carbocycles. The average Bonchev–Trinajstić information content (AvgIpc) is 3.04. The molecule has 0 saturated carbocycles. The topological polar surface area (TPSA) is 113 Å². The second-order valence-electron chi connectivity index (χ2n) is 7.52. The van der Waals surface area contributed by atoms with Gasteiger partial charge in [-0.05, 0) is 38.6 Å². The third kappa shape index (κ3) is 4.17. The molecule has 27 heavy (non-hydrogen) atoms. The smallest absolute Gasteiger partial charge is 0.279 e. The molecule has 1 fully saturated rings. The monoisotopic (exact) mass is 414 g/mol. The highest BCUT2D eigenvalue weighted by atomic mass is 32.2. The molecule has 2 aromatic rings. The quantitative estimate of drug-likeness (QED) is 0.482. The number of H-pyrrole nitrogens is 1. The molecule has 8 nitrogen and oxygen atoms in total. The van der Waals surface area contributed by atoms with Crippen LogP contribution in [0.4, 0.5) is 0 Å². The Morgan fingerprint density at radius 1 is 1.33 bits per heavy atom. The van der Waals surface area contributed by atoms with E-state index in [1.54, 1.807) is 11.5 Å². The van der Waals surface area contributed by atoms with Gasteiger partial charge in [-0.3, -0.25) is 9.36 Å². The molecule has 0 amide bonds. The van der Waals surface area contributed by atoms with Gasteiger partial charge >= 0.3 is 0 Å². The second-order valence-corrected chi connectivity index (χ2v) is 13.1. The van der Waals surface area contributed by atoms with Gasteiger partial charge in [-0.1, -0.05) is 18.7 Å². The molecule has 3 N–H and O–H groups in total. The number of nitrogens with zero attached hydrogens (tertiary/aromatic N) is 3. The Bertz CT molecular complexity index is 937. The van der Waals surface area contributed by atoms with E-state index in [0.29, 0.717) is 23.0 Å². The Morgan fingerprint density at radius 2 is 2.04 bits per heavy atom. The molecule has 150 valence electrons. The van der Waals surface area contributed by atoms with Crippen molar-refractivity contribution >= 4 is 36.1 Å². The van der Waals surface area contributed by atoms with Gasteiger partial charge in [0.25, 0.3) is 5.56 Å². The minimum absolute atomic E-state index is 0.204. The van der Waals surface area contributed by atoms with Crippen LogP contribution < -0.4 is 5.56 Å². The first-order chi connectivity index (χ1) is 12.6. The Labute approximate surface area is 162 Å². The zero-order valence-corrected chi connectivity index (χ0v) is 17.8. The molecule has 1 saturated heterocycles. The Balaban J connectivity index is 2.02. The highest BCUT2D eigenvalue weighted by Gasteiger charge is 2.45. The van der Waals surface area contributed by atoms with Crippen molar-refractivity contribution < 1.29 is 14.9 Å². The number of aliphatic hydroxyl groups is 2. The maximum Gasteiger partial charge on any atom is 0.279 e. The van der Waals surface area contributed by atoms with Gasteiger partial charge in [-0.2, -0.15) is 0 Å². The van der Waals surface area contributed by atoms with Crippen molar-refractivity contribution in [2.24, 2.45) is 0 Å². The predicted octanol–water partition coefficient (Wildman–Crippen LogP) is 1.26. The summed E-state index contributed by atoms with van der Waals surface area (Å²) in [6, 6.07) is 0. The Morgan fingerprint density at radius 3 is 2.67 bits per heavy atom. The minimum Gasteiger partial charge on any atom is -0.388 e. The van der Waals surface area contributed by atoms with Crippen LogP contribution in [-0.2, 0) is 4.74 Å². The van der Waals surface area contributed by atoms with Gasteiger partial charge in [0, 0.05) is 0 Å². The van der Waals surface area contributed by atoms with Crippen LogP contribution in [0.1, 0.15) is 25.4 Å². The molecular weight excluding hydrogens is 387 g/mol. The summed E-state index contributed by atoms with van der Waals surface area (Å²) in [4.78, 5) is 23.7. The number of nitrogens with one attached hydrogen (secondary N) is 1. The van der Waals surface area contributed by atoms with Gasteiger partial charge in [-0.15, -0.1) is 13.2 Å². The summed E-state index contributed by atoms with van der Waals surface area (Å²) < 4.78 is 7.69. The van der Waals surface area contributed by atoms with Crippen molar-refractivity contribution in [2.75, 3.05) is 25.2 Å². The first kappa shape index (κ1) is 20.6. The number of ether oxygens (including phenoxy) is 1. The summed E-state index contributed by atoms with van der Waals surface area (Å²) in [6.07, 6.45) is 2.18. The third-order valence-electron chi connectivity index (χ3n) is 4.52. The number of aromatic amines is 1. The van der Waals surface area contributed by atoms with E-state index in [4.69, 9.17) is 4.74 Å². The number of imidazole rings is 1. The van der Waals surface area contributed by atoms with E-state index in [1.165, 1.54) is 11.8 Å². The van der Waals surface area contributed by atoms with Crippen LogP contribution in [-0.4, -0.2) is 79.6 Å². The number of thioether (sulfide) groups is 1. The second kappa shape index (κ2) is 7.72. The molecule has 10 heteroatoms. The van der Waals surface area contributed by atoms with Crippen LogP contribution >= 0.6 is 18.6 Å². The zero-order valence-electron chi connectivity index (χ0n) is 16.0. The van der Waals surface area contributed by atoms with Crippen molar-refractivity contribution in [1.29, 1.82) is 0 Å². The maximum absolute atomic E-state index is 12.3. The van der Waals surface area contributed by atoms with Crippen molar-refractivity contribution in [3.8, 4) is 0 Å². The summed E-state index contributed by atoms with van der Waals surface area (Å²) in [5.74, 6) is 1.18. The predicted molar refractivity (Wildman–Crippen MR) is 111 cm³/mol. The summed E-state index contributed by atoms with van der Waals surface area (Å²) in [6.45, 7) is 6.64. The highest BCUT2D eigenvalue weighted by Crippen LogP contribution is 2.40. The Kier molecular flexibility index (Phi) is 5.89. The van der Waals surface area contributed by atoms with Gasteiger partial charge in [0.15, 0.2) is 22.5 Å². The van der Waals surface area contributed by atoms with Crippen molar-refractivity contribution in [1.82, 2.24) is 19.5 Å². The number of aryl methyl sites for hydroxylation is 1. The van der Waals surface area contributed by atoms with E-state index >= 15 is 0 Å². The molecule has 1 aliphatic heterocycles. The normalized spacial score (nSPS) is 26.1. The SMILES string of the molecule is C=P(C)(C)CC[C@H]1O[C@@H](n2c(SCC)nc3c(=O)[nH]c(C)nc32)[C@H](O)[C@@H]1O. The molecule has 2 aromatic heterocycles. The molecule has 0 aromatic carbocycles. The van der Waals surface area contributed by atoms with E-state index in [1.807, 2.05) is 6.92 Å². The Hall–Kier alpha value is -1.12. The van der Waals surface area contributed by atoms with Gasteiger partial charge < -0.3 is 19.9 Å². The lowest BCUT2D eigenvalue weighted by atomic mass is 10.1. The van der Waals surface area contributed by atoms with Gasteiger partial charge in [0.1, 0.15) is 18.0 Å². The molecule has 3 rings (SSSR count). The fourth-order valence-corrected chi connectivity index (χ4v) is 4.89. The summed E-state index contributed by atoms with van der Waals surface area (Å²) in [5, 5.41) is 21.7. The number of aliphatic hydroxyl groups excluding tert-OH is 2. The van der Waals surface area contributed by atoms with Crippen LogP contribution in [0, 0.1) is 6.92 Å². The fraction of sp³-hybridized carbons (Fsp3) is 0.647. The zero-order chi connectivity index (χ0) is 19.9. The first-order valence-electron chi connectivity index (χ1n) is 8.93. The summed E-state index contributed by atoms with van der Waals surface area (Å²) in [7, 11) is 0. The van der Waals surface area contributed by atoms with Gasteiger partial charge in [0.05, 0.1) is 6.10 Å². The van der Waals surface area contributed by atoms with E-state index in [9.17, 15) is 15.0 Å². The average molecular weight is 414 g/mol. The van der Waals surface area contributed by atoms with Crippen LogP contribution in [0.15, 0.2) is 9.95 Å². The maximum atomic E-state index is 12.3. The van der Waals surface area contributed by atoms with Crippen LogP contribution in [0.5, 0.6) is 0 Å². The van der Waals surface area contributed by atoms with Gasteiger partial charge in [0.2, 0.25) is 0 Å². The number of hydrogen-bond donors (Lipinski definition) is 3. The minimum atomic E-state index is -1.27. The first-order valence-corrected chi connectivity index (χ1v) is 13.0. The summed E-state index contributed by atoms with van der Waals surface area (Å²) in [5.41, 5.74) is 0.228. The van der Waals surface area contributed by atoms with Crippen molar-refractivity contribution in [3.05, 3.63) is 16.2 Å².